The molecule has 0 radical (unpaired) electrons. The standard InChI is InChI=1S/C15H19BrN2O2/c1-2-3-4-5-6-11(16)10-7-8-12-13(9-10)18-15(20)14(19)17-12/h7-9,11H,2-6H2,1H3,(H,17,19)(H,18,20). The second-order valence-corrected chi connectivity index (χ2v) is 6.14. The maximum atomic E-state index is 11.3. The lowest BCUT2D eigenvalue weighted by Gasteiger charge is -2.10. The molecule has 0 bridgehead atoms. The largest absolute Gasteiger partial charge is 0.316 e. The fourth-order valence-corrected chi connectivity index (χ4v) is 2.85. The van der Waals surface area contributed by atoms with E-state index in [1.165, 1.54) is 25.7 Å². The molecule has 108 valence electrons. The first kappa shape index (κ1) is 15.0. The third kappa shape index (κ3) is 3.60. The summed E-state index contributed by atoms with van der Waals surface area (Å²) in [5, 5.41) is 0. The summed E-state index contributed by atoms with van der Waals surface area (Å²) >= 11 is 3.69. The average Bonchev–Trinajstić information content (AvgIpc) is 2.44. The first-order valence-electron chi connectivity index (χ1n) is 7.02. The fraction of sp³-hybridized carbons (Fsp3) is 0.467. The van der Waals surface area contributed by atoms with Gasteiger partial charge < -0.3 is 9.97 Å². The molecule has 0 amide bonds. The lowest BCUT2D eigenvalue weighted by molar-refractivity contribution is 0.630. The Morgan fingerprint density at radius 1 is 1.05 bits per heavy atom. The van der Waals surface area contributed by atoms with E-state index in [0.717, 1.165) is 12.0 Å². The van der Waals surface area contributed by atoms with Gasteiger partial charge in [0.1, 0.15) is 0 Å². The zero-order chi connectivity index (χ0) is 14.5. The molecule has 4 nitrogen and oxygen atoms in total. The molecule has 0 saturated carbocycles. The molecule has 0 saturated heterocycles. The summed E-state index contributed by atoms with van der Waals surface area (Å²) in [5.74, 6) is 0. The summed E-state index contributed by atoms with van der Waals surface area (Å²) in [7, 11) is 0. The van der Waals surface area contributed by atoms with Crippen molar-refractivity contribution in [1.82, 2.24) is 9.97 Å². The molecule has 5 heteroatoms. The summed E-state index contributed by atoms with van der Waals surface area (Å²) in [6, 6.07) is 5.74. The maximum absolute atomic E-state index is 11.3. The monoisotopic (exact) mass is 338 g/mol. The zero-order valence-electron chi connectivity index (χ0n) is 11.5. The Hall–Kier alpha value is -1.36. The van der Waals surface area contributed by atoms with Crippen molar-refractivity contribution in [3.63, 3.8) is 0 Å². The Balaban J connectivity index is 2.16. The van der Waals surface area contributed by atoms with E-state index in [1.807, 2.05) is 18.2 Å². The number of benzene rings is 1. The minimum atomic E-state index is -0.611. The third-order valence-electron chi connectivity index (χ3n) is 3.42. The number of hydrogen-bond acceptors (Lipinski definition) is 2. The number of fused-ring (bicyclic) bond motifs is 1. The first-order chi connectivity index (χ1) is 9.61. The van der Waals surface area contributed by atoms with Gasteiger partial charge in [-0.15, -0.1) is 0 Å². The highest BCUT2D eigenvalue weighted by molar-refractivity contribution is 9.09. The number of nitrogens with one attached hydrogen (secondary N) is 2. The number of aromatic nitrogens is 2. The molecule has 1 atom stereocenters. The second kappa shape index (κ2) is 6.88. The van der Waals surface area contributed by atoms with E-state index >= 15 is 0 Å². The van der Waals surface area contributed by atoms with Gasteiger partial charge in [-0.05, 0) is 24.1 Å². The van der Waals surface area contributed by atoms with E-state index in [2.05, 4.69) is 32.8 Å². The van der Waals surface area contributed by atoms with Gasteiger partial charge in [-0.1, -0.05) is 54.6 Å². The molecule has 0 aliphatic heterocycles. The highest BCUT2D eigenvalue weighted by Gasteiger charge is 2.09. The Kier molecular flexibility index (Phi) is 5.17. The SMILES string of the molecule is CCCCCCC(Br)c1ccc2[nH]c(=O)c(=O)[nH]c2c1. The van der Waals surface area contributed by atoms with Gasteiger partial charge in [0.25, 0.3) is 0 Å². The summed E-state index contributed by atoms with van der Waals surface area (Å²) in [5.41, 5.74) is 1.23. The molecule has 0 aliphatic rings. The van der Waals surface area contributed by atoms with Crippen molar-refractivity contribution in [2.45, 2.75) is 43.9 Å². The highest BCUT2D eigenvalue weighted by Crippen LogP contribution is 2.29. The van der Waals surface area contributed by atoms with Crippen LogP contribution in [-0.4, -0.2) is 9.97 Å². The fourth-order valence-electron chi connectivity index (χ4n) is 2.24. The van der Waals surface area contributed by atoms with Crippen LogP contribution in [0.5, 0.6) is 0 Å². The molecule has 0 spiro atoms. The quantitative estimate of drug-likeness (QED) is 0.480. The van der Waals surface area contributed by atoms with Crippen molar-refractivity contribution in [2.75, 3.05) is 0 Å². The van der Waals surface area contributed by atoms with E-state index < -0.39 is 11.1 Å². The van der Waals surface area contributed by atoms with E-state index in [4.69, 9.17) is 0 Å². The van der Waals surface area contributed by atoms with Gasteiger partial charge in [0.15, 0.2) is 0 Å². The van der Waals surface area contributed by atoms with Crippen LogP contribution in [0, 0.1) is 0 Å². The van der Waals surface area contributed by atoms with Gasteiger partial charge in [0.2, 0.25) is 0 Å². The number of hydrogen-bond donors (Lipinski definition) is 2. The molecule has 1 aromatic heterocycles. The van der Waals surface area contributed by atoms with Crippen LogP contribution in [0.2, 0.25) is 0 Å². The van der Waals surface area contributed by atoms with Crippen LogP contribution < -0.4 is 11.1 Å². The number of unbranched alkanes of at least 4 members (excludes halogenated alkanes) is 3. The predicted octanol–water partition coefficient (Wildman–Crippen LogP) is 3.62. The maximum Gasteiger partial charge on any atom is 0.314 e. The smallest absolute Gasteiger partial charge is 0.314 e. The molecular weight excluding hydrogens is 320 g/mol. The van der Waals surface area contributed by atoms with Gasteiger partial charge in [-0.2, -0.15) is 0 Å². The Morgan fingerprint density at radius 2 is 1.75 bits per heavy atom. The number of alkyl halides is 1. The van der Waals surface area contributed by atoms with E-state index in [1.54, 1.807) is 0 Å². The minimum Gasteiger partial charge on any atom is -0.316 e. The van der Waals surface area contributed by atoms with Crippen molar-refractivity contribution in [3.05, 3.63) is 44.5 Å². The molecule has 2 aromatic rings. The van der Waals surface area contributed by atoms with Crippen LogP contribution in [-0.2, 0) is 0 Å². The van der Waals surface area contributed by atoms with Crippen LogP contribution >= 0.6 is 15.9 Å². The van der Waals surface area contributed by atoms with Crippen molar-refractivity contribution in [3.8, 4) is 0 Å². The first-order valence-corrected chi connectivity index (χ1v) is 7.93. The van der Waals surface area contributed by atoms with E-state index in [-0.39, 0.29) is 4.83 Å². The van der Waals surface area contributed by atoms with Crippen LogP contribution in [0.1, 0.15) is 49.4 Å². The van der Waals surface area contributed by atoms with Gasteiger partial charge in [0.05, 0.1) is 11.0 Å². The Morgan fingerprint density at radius 3 is 2.45 bits per heavy atom. The minimum absolute atomic E-state index is 0.277. The van der Waals surface area contributed by atoms with Gasteiger partial charge in [0, 0.05) is 4.83 Å². The van der Waals surface area contributed by atoms with Gasteiger partial charge >= 0.3 is 11.1 Å². The summed E-state index contributed by atoms with van der Waals surface area (Å²) in [6.07, 6.45) is 6.00. The third-order valence-corrected chi connectivity index (χ3v) is 4.41. The molecule has 2 rings (SSSR count). The van der Waals surface area contributed by atoms with Gasteiger partial charge in [-0.25, -0.2) is 0 Å². The molecule has 1 aromatic carbocycles. The highest BCUT2D eigenvalue weighted by atomic mass is 79.9. The van der Waals surface area contributed by atoms with Gasteiger partial charge in [-0.3, -0.25) is 9.59 Å². The molecule has 1 unspecified atom stereocenters. The number of halogens is 1. The molecule has 20 heavy (non-hydrogen) atoms. The Labute approximate surface area is 125 Å². The van der Waals surface area contributed by atoms with E-state index in [9.17, 15) is 9.59 Å². The van der Waals surface area contributed by atoms with Crippen molar-refractivity contribution < 1.29 is 0 Å². The van der Waals surface area contributed by atoms with Crippen LogP contribution in [0.4, 0.5) is 0 Å². The Bertz CT molecular complexity index is 690. The lowest BCUT2D eigenvalue weighted by Crippen LogP contribution is -2.28. The van der Waals surface area contributed by atoms with E-state index in [0.29, 0.717) is 11.0 Å². The number of aromatic amines is 2. The summed E-state index contributed by atoms with van der Waals surface area (Å²) in [4.78, 5) is 28.0. The number of H-pyrrole nitrogens is 2. The van der Waals surface area contributed by atoms with Crippen molar-refractivity contribution in [2.24, 2.45) is 0 Å². The molecular formula is C15H19BrN2O2. The average molecular weight is 339 g/mol. The predicted molar refractivity (Wildman–Crippen MR) is 85.6 cm³/mol. The number of rotatable bonds is 6. The van der Waals surface area contributed by atoms with Crippen LogP contribution in [0.3, 0.4) is 0 Å². The summed E-state index contributed by atoms with van der Waals surface area (Å²) < 4.78 is 0. The topological polar surface area (TPSA) is 65.7 Å². The van der Waals surface area contributed by atoms with Crippen molar-refractivity contribution in [1.29, 1.82) is 0 Å². The molecule has 2 N–H and O–H groups in total. The second-order valence-electron chi connectivity index (χ2n) is 5.03. The zero-order valence-corrected chi connectivity index (χ0v) is 13.1. The normalized spacial score (nSPS) is 12.7. The summed E-state index contributed by atoms with van der Waals surface area (Å²) in [6.45, 7) is 2.20. The lowest BCUT2D eigenvalue weighted by atomic mass is 10.0. The molecule has 0 aliphatic carbocycles. The molecule has 1 heterocycles. The van der Waals surface area contributed by atoms with Crippen LogP contribution in [0.25, 0.3) is 11.0 Å². The van der Waals surface area contributed by atoms with Crippen molar-refractivity contribution >= 4 is 27.0 Å². The molecule has 0 fully saturated rings. The van der Waals surface area contributed by atoms with Crippen LogP contribution in [0.15, 0.2) is 27.8 Å².